The predicted molar refractivity (Wildman–Crippen MR) is 85.5 cm³/mol. The van der Waals surface area contributed by atoms with Gasteiger partial charge in [0.05, 0.1) is 23.4 Å². The molecule has 21 heavy (non-hydrogen) atoms. The lowest BCUT2D eigenvalue weighted by molar-refractivity contribution is 0.0901. The summed E-state index contributed by atoms with van der Waals surface area (Å²) in [7, 11) is 0. The fraction of sp³-hybridized carbons (Fsp3) is 0.375. The van der Waals surface area contributed by atoms with Crippen molar-refractivity contribution < 1.29 is 9.90 Å². The van der Waals surface area contributed by atoms with Crippen molar-refractivity contribution >= 4 is 17.2 Å². The minimum Gasteiger partial charge on any atom is -0.394 e. The highest BCUT2D eigenvalue weighted by Gasteiger charge is 2.22. The van der Waals surface area contributed by atoms with E-state index < -0.39 is 0 Å². The first-order chi connectivity index (χ1) is 10.0. The van der Waals surface area contributed by atoms with Crippen LogP contribution < -0.4 is 5.32 Å². The molecule has 112 valence electrons. The maximum Gasteiger partial charge on any atom is 0.263 e. The Morgan fingerprint density at radius 1 is 1.33 bits per heavy atom. The van der Waals surface area contributed by atoms with Gasteiger partial charge in [-0.05, 0) is 12.8 Å². The van der Waals surface area contributed by atoms with Crippen LogP contribution >= 0.6 is 11.3 Å². The van der Waals surface area contributed by atoms with Crippen LogP contribution in [0.5, 0.6) is 0 Å². The molecule has 0 aliphatic rings. The average molecular weight is 304 g/mol. The zero-order valence-corrected chi connectivity index (χ0v) is 13.3. The number of nitrogens with zero attached hydrogens (tertiary/aromatic N) is 1. The van der Waals surface area contributed by atoms with Crippen molar-refractivity contribution in [2.45, 2.75) is 26.8 Å². The number of aliphatic hydroxyl groups excluding tert-OH is 1. The zero-order chi connectivity index (χ0) is 15.4. The van der Waals surface area contributed by atoms with Gasteiger partial charge in [-0.15, -0.1) is 11.3 Å². The van der Waals surface area contributed by atoms with Crippen molar-refractivity contribution in [1.82, 2.24) is 10.3 Å². The molecule has 0 unspecified atom stereocenters. The van der Waals surface area contributed by atoms with E-state index in [1.54, 1.807) is 0 Å². The summed E-state index contributed by atoms with van der Waals surface area (Å²) >= 11 is 1.38. The van der Waals surface area contributed by atoms with Gasteiger partial charge in [0.1, 0.15) is 4.88 Å². The van der Waals surface area contributed by atoms with E-state index in [-0.39, 0.29) is 24.5 Å². The number of rotatable bonds is 5. The molecule has 0 saturated heterocycles. The monoisotopic (exact) mass is 304 g/mol. The first-order valence-corrected chi connectivity index (χ1v) is 7.79. The summed E-state index contributed by atoms with van der Waals surface area (Å²) in [6.45, 7) is 5.76. The number of carbonyl (C=O) groups excluding carboxylic acids is 1. The van der Waals surface area contributed by atoms with Gasteiger partial charge in [0.15, 0.2) is 0 Å². The van der Waals surface area contributed by atoms with Crippen LogP contribution in [-0.2, 0) is 0 Å². The predicted octanol–water partition coefficient (Wildman–Crippen LogP) is 2.87. The molecule has 2 N–H and O–H groups in total. The number of thiazole rings is 1. The molecule has 0 bridgehead atoms. The Labute approximate surface area is 128 Å². The number of amides is 1. The standard InChI is InChI=1S/C16H20N2O2S/c1-10(2)13(9-19)18-16(20)15-14(17-11(3)21-15)12-7-5-4-6-8-12/h4-8,10,13,19H,9H2,1-3H3,(H,18,20)/t13-/m1/s1. The van der Waals surface area contributed by atoms with E-state index in [1.165, 1.54) is 11.3 Å². The molecule has 2 aromatic rings. The quantitative estimate of drug-likeness (QED) is 0.893. The van der Waals surface area contributed by atoms with Gasteiger partial charge in [0.25, 0.3) is 5.91 Å². The van der Waals surface area contributed by atoms with Crippen LogP contribution in [0.15, 0.2) is 30.3 Å². The van der Waals surface area contributed by atoms with Gasteiger partial charge in [-0.2, -0.15) is 0 Å². The minimum atomic E-state index is -0.247. The summed E-state index contributed by atoms with van der Waals surface area (Å²) in [6, 6.07) is 9.42. The lowest BCUT2D eigenvalue weighted by atomic mass is 10.1. The number of hydrogen-bond donors (Lipinski definition) is 2. The summed E-state index contributed by atoms with van der Waals surface area (Å²) in [5.74, 6) is 0.000321. The highest BCUT2D eigenvalue weighted by molar-refractivity contribution is 7.14. The number of hydrogen-bond acceptors (Lipinski definition) is 4. The summed E-state index contributed by atoms with van der Waals surface area (Å²) in [6.07, 6.45) is 0. The Kier molecular flexibility index (Phi) is 5.09. The number of aromatic nitrogens is 1. The maximum absolute atomic E-state index is 12.5. The van der Waals surface area contributed by atoms with E-state index >= 15 is 0 Å². The summed E-state index contributed by atoms with van der Waals surface area (Å²) < 4.78 is 0. The van der Waals surface area contributed by atoms with Crippen molar-refractivity contribution in [3.05, 3.63) is 40.2 Å². The van der Waals surface area contributed by atoms with Gasteiger partial charge in [-0.25, -0.2) is 4.98 Å². The molecule has 4 nitrogen and oxygen atoms in total. The topological polar surface area (TPSA) is 62.2 Å². The maximum atomic E-state index is 12.5. The van der Waals surface area contributed by atoms with Gasteiger partial charge in [-0.1, -0.05) is 44.2 Å². The molecule has 2 rings (SSSR count). The lowest BCUT2D eigenvalue weighted by Gasteiger charge is -2.19. The van der Waals surface area contributed by atoms with E-state index in [4.69, 9.17) is 0 Å². The molecule has 0 spiro atoms. The molecular formula is C16H20N2O2S. The van der Waals surface area contributed by atoms with E-state index in [1.807, 2.05) is 51.1 Å². The molecule has 0 fully saturated rings. The first-order valence-electron chi connectivity index (χ1n) is 6.97. The molecule has 1 aromatic heterocycles. The minimum absolute atomic E-state index is 0.0676. The van der Waals surface area contributed by atoms with Crippen molar-refractivity contribution in [3.63, 3.8) is 0 Å². The number of benzene rings is 1. The number of nitrogens with one attached hydrogen (secondary N) is 1. The number of carbonyl (C=O) groups is 1. The molecule has 5 heteroatoms. The second-order valence-electron chi connectivity index (χ2n) is 5.28. The summed E-state index contributed by atoms with van der Waals surface area (Å²) in [5.41, 5.74) is 1.63. The Morgan fingerprint density at radius 2 is 2.00 bits per heavy atom. The highest BCUT2D eigenvalue weighted by Crippen LogP contribution is 2.28. The summed E-state index contributed by atoms with van der Waals surface area (Å²) in [4.78, 5) is 17.5. The summed E-state index contributed by atoms with van der Waals surface area (Å²) in [5, 5.41) is 13.1. The fourth-order valence-electron chi connectivity index (χ4n) is 2.03. The Morgan fingerprint density at radius 3 is 2.57 bits per heavy atom. The van der Waals surface area contributed by atoms with Gasteiger partial charge in [0.2, 0.25) is 0 Å². The van der Waals surface area contributed by atoms with E-state index in [0.29, 0.717) is 10.6 Å². The third kappa shape index (κ3) is 3.68. The second-order valence-corrected chi connectivity index (χ2v) is 6.49. The van der Waals surface area contributed by atoms with E-state index in [2.05, 4.69) is 10.3 Å². The molecule has 1 amide bonds. The zero-order valence-electron chi connectivity index (χ0n) is 12.5. The number of aliphatic hydroxyl groups is 1. The molecule has 0 saturated carbocycles. The van der Waals surface area contributed by atoms with E-state index in [9.17, 15) is 9.90 Å². The van der Waals surface area contributed by atoms with Crippen molar-refractivity contribution in [3.8, 4) is 11.3 Å². The Hall–Kier alpha value is -1.72. The number of aryl methyl sites for hydroxylation is 1. The molecule has 1 heterocycles. The van der Waals surface area contributed by atoms with Crippen LogP contribution in [0.25, 0.3) is 11.3 Å². The van der Waals surface area contributed by atoms with Crippen molar-refractivity contribution in [2.24, 2.45) is 5.92 Å². The van der Waals surface area contributed by atoms with Gasteiger partial charge in [0, 0.05) is 5.56 Å². The van der Waals surface area contributed by atoms with Crippen LogP contribution in [0.2, 0.25) is 0 Å². The van der Waals surface area contributed by atoms with Gasteiger partial charge < -0.3 is 10.4 Å². The molecular weight excluding hydrogens is 284 g/mol. The Balaban J connectivity index is 2.30. The van der Waals surface area contributed by atoms with Crippen LogP contribution in [-0.4, -0.2) is 28.6 Å². The molecule has 1 atom stereocenters. The normalized spacial score (nSPS) is 12.4. The smallest absolute Gasteiger partial charge is 0.263 e. The van der Waals surface area contributed by atoms with Crippen molar-refractivity contribution in [1.29, 1.82) is 0 Å². The SMILES string of the molecule is Cc1nc(-c2ccccc2)c(C(=O)N[C@H](CO)C(C)C)s1. The molecule has 1 aromatic carbocycles. The second kappa shape index (κ2) is 6.83. The van der Waals surface area contributed by atoms with Crippen LogP contribution in [0.4, 0.5) is 0 Å². The average Bonchev–Trinajstić information content (AvgIpc) is 2.87. The first kappa shape index (κ1) is 15.7. The van der Waals surface area contributed by atoms with Crippen LogP contribution in [0.1, 0.15) is 28.5 Å². The Bertz CT molecular complexity index is 608. The highest BCUT2D eigenvalue weighted by atomic mass is 32.1. The van der Waals surface area contributed by atoms with Crippen LogP contribution in [0, 0.1) is 12.8 Å². The molecule has 0 radical (unpaired) electrons. The van der Waals surface area contributed by atoms with Gasteiger partial charge in [-0.3, -0.25) is 4.79 Å². The third-order valence-electron chi connectivity index (χ3n) is 3.31. The van der Waals surface area contributed by atoms with E-state index in [0.717, 1.165) is 10.6 Å². The fourth-order valence-corrected chi connectivity index (χ4v) is 2.87. The lowest BCUT2D eigenvalue weighted by Crippen LogP contribution is -2.41. The van der Waals surface area contributed by atoms with Crippen molar-refractivity contribution in [2.75, 3.05) is 6.61 Å². The molecule has 0 aliphatic heterocycles. The largest absolute Gasteiger partial charge is 0.394 e. The van der Waals surface area contributed by atoms with Gasteiger partial charge >= 0.3 is 0 Å². The third-order valence-corrected chi connectivity index (χ3v) is 4.28. The molecule has 0 aliphatic carbocycles. The van der Waals surface area contributed by atoms with Crippen LogP contribution in [0.3, 0.4) is 0 Å².